The molecule has 5 rings (SSSR count). The van der Waals surface area contributed by atoms with Gasteiger partial charge in [-0.2, -0.15) is 4.40 Å². The van der Waals surface area contributed by atoms with Crippen molar-refractivity contribution in [2.75, 3.05) is 0 Å². The summed E-state index contributed by atoms with van der Waals surface area (Å²) in [5, 5.41) is 0. The van der Waals surface area contributed by atoms with Gasteiger partial charge in [0.05, 0.1) is 16.5 Å². The van der Waals surface area contributed by atoms with Crippen LogP contribution in [0, 0.1) is 0 Å². The Hall–Kier alpha value is -2.27. The van der Waals surface area contributed by atoms with Crippen LogP contribution in [0.3, 0.4) is 0 Å². The van der Waals surface area contributed by atoms with Gasteiger partial charge in [0.2, 0.25) is 4.83 Å². The Morgan fingerprint density at radius 3 is 3.05 bits per heavy atom. The van der Waals surface area contributed by atoms with Gasteiger partial charge in [0, 0.05) is 24.2 Å². The van der Waals surface area contributed by atoms with Crippen LogP contribution in [0.4, 0.5) is 0 Å². The lowest BCUT2D eigenvalue weighted by Gasteiger charge is -1.92. The van der Waals surface area contributed by atoms with E-state index in [9.17, 15) is 0 Å². The number of imidazole rings is 1. The Morgan fingerprint density at radius 2 is 2.05 bits per heavy atom. The molecule has 4 aromatic heterocycles. The molecule has 0 amide bonds. The van der Waals surface area contributed by atoms with Gasteiger partial charge in [0.1, 0.15) is 12.7 Å². The predicted molar refractivity (Wildman–Crippen MR) is 73.1 cm³/mol. The summed E-state index contributed by atoms with van der Waals surface area (Å²) in [4.78, 5) is 9.74. The van der Waals surface area contributed by atoms with Gasteiger partial charge in [-0.15, -0.1) is 0 Å². The molecule has 0 radical (unpaired) electrons. The second-order valence-electron chi connectivity index (χ2n) is 4.73. The Balaban J connectivity index is 2.00. The third-order valence-corrected chi connectivity index (χ3v) is 4.73. The summed E-state index contributed by atoms with van der Waals surface area (Å²) in [6.45, 7) is 0.911. The maximum Gasteiger partial charge on any atom is 0.296 e. The van der Waals surface area contributed by atoms with Crippen molar-refractivity contribution in [1.82, 2.24) is 14.4 Å². The highest BCUT2D eigenvalue weighted by atomic mass is 32.1. The monoisotopic (exact) mass is 265 g/mol. The number of thiazole rings is 1. The minimum absolute atomic E-state index is 0.911. The van der Waals surface area contributed by atoms with Crippen molar-refractivity contribution >= 4 is 26.4 Å². The first-order valence-corrected chi connectivity index (χ1v) is 6.94. The van der Waals surface area contributed by atoms with Gasteiger partial charge in [-0.3, -0.25) is 9.97 Å². The largest absolute Gasteiger partial charge is 0.296 e. The molecule has 0 aliphatic carbocycles. The van der Waals surface area contributed by atoms with E-state index < -0.39 is 0 Å². The number of pyridine rings is 2. The lowest BCUT2D eigenvalue weighted by Crippen LogP contribution is -2.29. The molecule has 90 valence electrons. The molecular formula is C14H9N4S+. The van der Waals surface area contributed by atoms with Gasteiger partial charge in [-0.25, -0.2) is 4.57 Å². The first-order valence-electron chi connectivity index (χ1n) is 6.12. The van der Waals surface area contributed by atoms with Crippen molar-refractivity contribution < 1.29 is 4.57 Å². The molecule has 0 fully saturated rings. The fourth-order valence-corrected chi connectivity index (χ4v) is 3.94. The van der Waals surface area contributed by atoms with Crippen LogP contribution in [-0.4, -0.2) is 14.4 Å². The van der Waals surface area contributed by atoms with E-state index in [1.54, 1.807) is 0 Å². The van der Waals surface area contributed by atoms with Crippen molar-refractivity contribution in [1.29, 1.82) is 0 Å². The minimum Gasteiger partial charge on any atom is -0.264 e. The summed E-state index contributed by atoms with van der Waals surface area (Å²) >= 11 is 1.81. The van der Waals surface area contributed by atoms with Crippen molar-refractivity contribution in [3.63, 3.8) is 0 Å². The van der Waals surface area contributed by atoms with Gasteiger partial charge >= 0.3 is 0 Å². The van der Waals surface area contributed by atoms with Crippen LogP contribution in [0.2, 0.25) is 0 Å². The third-order valence-electron chi connectivity index (χ3n) is 3.67. The molecule has 0 N–H and O–H groups in total. The average molecular weight is 265 g/mol. The fraction of sp³-hybridized carbons (Fsp3) is 0.0714. The maximum absolute atomic E-state index is 4.26. The van der Waals surface area contributed by atoms with Gasteiger partial charge in [-0.05, 0) is 12.1 Å². The number of nitrogens with zero attached hydrogens (tertiary/aromatic N) is 4. The summed E-state index contributed by atoms with van der Waals surface area (Å²) in [6.07, 6.45) is 9.84. The molecule has 0 unspecified atom stereocenters. The second-order valence-corrected chi connectivity index (χ2v) is 5.79. The Bertz CT molecular complexity index is 951. The molecule has 0 spiro atoms. The van der Waals surface area contributed by atoms with E-state index in [0.717, 1.165) is 6.54 Å². The van der Waals surface area contributed by atoms with Crippen LogP contribution in [-0.2, 0) is 6.54 Å². The molecule has 19 heavy (non-hydrogen) atoms. The molecule has 1 aliphatic heterocycles. The summed E-state index contributed by atoms with van der Waals surface area (Å²) < 4.78 is 5.87. The van der Waals surface area contributed by atoms with Gasteiger partial charge in [-0.1, -0.05) is 11.3 Å². The summed E-state index contributed by atoms with van der Waals surface area (Å²) in [5.41, 5.74) is 3.75. The number of hydrogen-bond donors (Lipinski definition) is 0. The SMILES string of the molecule is c1cc2c(cn1)C[n+]1cc3sc4ccncc4n3c1-2. The maximum atomic E-state index is 4.26. The molecule has 0 saturated heterocycles. The quantitative estimate of drug-likeness (QED) is 0.402. The average Bonchev–Trinajstić information content (AvgIpc) is 3.04. The zero-order valence-electron chi connectivity index (χ0n) is 9.95. The molecule has 0 saturated carbocycles. The highest BCUT2D eigenvalue weighted by molar-refractivity contribution is 7.23. The van der Waals surface area contributed by atoms with Crippen LogP contribution in [0.25, 0.3) is 26.4 Å². The van der Waals surface area contributed by atoms with E-state index in [2.05, 4.69) is 37.3 Å². The van der Waals surface area contributed by atoms with E-state index in [0.29, 0.717) is 0 Å². The topological polar surface area (TPSA) is 34.1 Å². The smallest absolute Gasteiger partial charge is 0.264 e. The van der Waals surface area contributed by atoms with Crippen LogP contribution in [0.15, 0.2) is 43.1 Å². The molecule has 0 aromatic carbocycles. The molecule has 0 atom stereocenters. The predicted octanol–water partition coefficient (Wildman–Crippen LogP) is 2.26. The molecule has 4 aromatic rings. The fourth-order valence-electron chi connectivity index (χ4n) is 2.88. The Kier molecular flexibility index (Phi) is 1.62. The molecule has 1 aliphatic rings. The molecule has 0 bridgehead atoms. The van der Waals surface area contributed by atoms with Crippen molar-refractivity contribution in [2.24, 2.45) is 0 Å². The normalized spacial score (nSPS) is 13.1. The highest BCUT2D eigenvalue weighted by Gasteiger charge is 2.31. The first kappa shape index (κ1) is 9.63. The molecular weight excluding hydrogens is 256 g/mol. The van der Waals surface area contributed by atoms with Crippen molar-refractivity contribution in [2.45, 2.75) is 6.54 Å². The number of fused-ring (bicyclic) bond motifs is 7. The molecule has 5 heteroatoms. The summed E-state index contributed by atoms with van der Waals surface area (Å²) in [6, 6.07) is 4.17. The van der Waals surface area contributed by atoms with E-state index in [-0.39, 0.29) is 0 Å². The molecule has 4 nitrogen and oxygen atoms in total. The number of aromatic nitrogens is 4. The van der Waals surface area contributed by atoms with E-state index >= 15 is 0 Å². The van der Waals surface area contributed by atoms with Gasteiger partial charge in [0.25, 0.3) is 5.82 Å². The number of rotatable bonds is 0. The molecule has 5 heterocycles. The summed E-state index contributed by atoms with van der Waals surface area (Å²) in [5.74, 6) is 1.24. The zero-order valence-corrected chi connectivity index (χ0v) is 10.8. The van der Waals surface area contributed by atoms with Crippen molar-refractivity contribution in [3.05, 3.63) is 48.7 Å². The first-order chi connectivity index (χ1) is 9.42. The Morgan fingerprint density at radius 1 is 1.16 bits per heavy atom. The van der Waals surface area contributed by atoms with E-state index in [1.165, 1.54) is 32.0 Å². The summed E-state index contributed by atoms with van der Waals surface area (Å²) in [7, 11) is 0. The highest BCUT2D eigenvalue weighted by Crippen LogP contribution is 2.33. The lowest BCUT2D eigenvalue weighted by molar-refractivity contribution is -0.670. The van der Waals surface area contributed by atoms with E-state index in [1.807, 2.05) is 36.1 Å². The van der Waals surface area contributed by atoms with Gasteiger partial charge in [0.15, 0.2) is 5.52 Å². The van der Waals surface area contributed by atoms with E-state index in [4.69, 9.17) is 0 Å². The lowest BCUT2D eigenvalue weighted by atomic mass is 10.2. The number of hydrogen-bond acceptors (Lipinski definition) is 3. The second kappa shape index (κ2) is 3.19. The van der Waals surface area contributed by atoms with Crippen molar-refractivity contribution in [3.8, 4) is 11.4 Å². The minimum atomic E-state index is 0.911. The van der Waals surface area contributed by atoms with Gasteiger partial charge < -0.3 is 0 Å². The van der Waals surface area contributed by atoms with Crippen LogP contribution in [0.5, 0.6) is 0 Å². The van der Waals surface area contributed by atoms with Crippen LogP contribution in [0.1, 0.15) is 5.56 Å². The van der Waals surface area contributed by atoms with Crippen LogP contribution >= 0.6 is 11.3 Å². The Labute approximate surface area is 112 Å². The zero-order chi connectivity index (χ0) is 12.4. The standard InChI is InChI=1S/C14H9N4S/c1-3-15-5-9-7-17-8-13-18(14(17)10(1)9)11-6-16-4-2-12(11)19-13/h1-6,8H,7H2/q+1. The third kappa shape index (κ3) is 1.11. The van der Waals surface area contributed by atoms with Crippen LogP contribution < -0.4 is 4.57 Å².